The van der Waals surface area contributed by atoms with Gasteiger partial charge in [0.05, 0.1) is 18.6 Å². The van der Waals surface area contributed by atoms with Crippen LogP contribution in [0, 0.1) is 23.2 Å². The first-order valence-electron chi connectivity index (χ1n) is 9.69. The summed E-state index contributed by atoms with van der Waals surface area (Å²) in [6.45, 7) is 0.829. The van der Waals surface area contributed by atoms with Crippen LogP contribution in [0.2, 0.25) is 0 Å². The van der Waals surface area contributed by atoms with E-state index in [1.165, 1.54) is 19.3 Å². The van der Waals surface area contributed by atoms with Crippen molar-refractivity contribution in [1.29, 1.82) is 0 Å². The zero-order valence-electron chi connectivity index (χ0n) is 14.6. The summed E-state index contributed by atoms with van der Waals surface area (Å²) < 4.78 is 17.5. The number of hydrogen-bond acceptors (Lipinski definition) is 4. The van der Waals surface area contributed by atoms with Crippen molar-refractivity contribution in [3.8, 4) is 0 Å². The summed E-state index contributed by atoms with van der Waals surface area (Å²) >= 11 is 0. The highest BCUT2D eigenvalue weighted by Crippen LogP contribution is 2.60. The fourth-order valence-corrected chi connectivity index (χ4v) is 5.99. The third-order valence-electron chi connectivity index (χ3n) is 6.68. The van der Waals surface area contributed by atoms with Crippen molar-refractivity contribution >= 4 is 5.97 Å². The Balaban J connectivity index is 1.20. The molecule has 4 aliphatic carbocycles. The number of ether oxygens (including phenoxy) is 3. The fourth-order valence-electron chi connectivity index (χ4n) is 5.99. The molecule has 25 heavy (non-hydrogen) atoms. The molecule has 0 N–H and O–H groups in total. The molecule has 0 unspecified atom stereocenters. The number of carbonyl (C=O) groups is 1. The topological polar surface area (TPSA) is 44.8 Å². The summed E-state index contributed by atoms with van der Waals surface area (Å²) in [6.07, 6.45) is 6.50. The Morgan fingerprint density at radius 1 is 0.920 bits per heavy atom. The van der Waals surface area contributed by atoms with E-state index in [1.807, 2.05) is 30.3 Å². The summed E-state index contributed by atoms with van der Waals surface area (Å²) in [5, 5.41) is 0. The maximum absolute atomic E-state index is 13.0. The van der Waals surface area contributed by atoms with Gasteiger partial charge in [0.25, 0.3) is 0 Å². The van der Waals surface area contributed by atoms with Crippen LogP contribution < -0.4 is 0 Å². The largest absolute Gasteiger partial charge is 0.457 e. The molecule has 1 heterocycles. The lowest BCUT2D eigenvalue weighted by Crippen LogP contribution is -2.52. The fraction of sp³-hybridized carbons (Fsp3) is 0.667. The molecule has 0 amide bonds. The highest BCUT2D eigenvalue weighted by atomic mass is 16.7. The van der Waals surface area contributed by atoms with Gasteiger partial charge in [0, 0.05) is 5.56 Å². The van der Waals surface area contributed by atoms with Crippen molar-refractivity contribution in [2.24, 2.45) is 23.2 Å². The molecule has 5 fully saturated rings. The molecule has 4 nitrogen and oxygen atoms in total. The van der Waals surface area contributed by atoms with Gasteiger partial charge in [-0.15, -0.1) is 0 Å². The van der Waals surface area contributed by atoms with Crippen molar-refractivity contribution in [3.63, 3.8) is 0 Å². The van der Waals surface area contributed by atoms with Gasteiger partial charge >= 0.3 is 5.97 Å². The highest BCUT2D eigenvalue weighted by molar-refractivity contribution is 5.77. The van der Waals surface area contributed by atoms with Crippen molar-refractivity contribution < 1.29 is 19.0 Å². The van der Waals surface area contributed by atoms with Gasteiger partial charge in [-0.25, -0.2) is 0 Å². The third-order valence-corrected chi connectivity index (χ3v) is 6.68. The minimum absolute atomic E-state index is 0.0157. The van der Waals surface area contributed by atoms with Crippen molar-refractivity contribution in [3.05, 3.63) is 35.9 Å². The van der Waals surface area contributed by atoms with E-state index in [-0.39, 0.29) is 23.8 Å². The van der Waals surface area contributed by atoms with E-state index >= 15 is 0 Å². The third kappa shape index (κ3) is 2.89. The van der Waals surface area contributed by atoms with Crippen molar-refractivity contribution in [2.45, 2.75) is 50.9 Å². The average molecular weight is 342 g/mol. The molecule has 4 saturated carbocycles. The molecule has 1 aromatic carbocycles. The molecular formula is C21H26O4. The van der Waals surface area contributed by atoms with E-state index in [2.05, 4.69) is 0 Å². The second kappa shape index (κ2) is 6.10. The quantitative estimate of drug-likeness (QED) is 0.783. The van der Waals surface area contributed by atoms with Crippen LogP contribution in [0.25, 0.3) is 0 Å². The van der Waals surface area contributed by atoms with Gasteiger partial charge in [-0.1, -0.05) is 30.3 Å². The van der Waals surface area contributed by atoms with Gasteiger partial charge in [0.2, 0.25) is 0 Å². The zero-order valence-corrected chi connectivity index (χ0v) is 14.6. The minimum atomic E-state index is -0.351. The van der Waals surface area contributed by atoms with E-state index in [9.17, 15) is 4.79 Å². The van der Waals surface area contributed by atoms with Crippen LogP contribution in [0.4, 0.5) is 0 Å². The van der Waals surface area contributed by atoms with E-state index in [0.717, 1.165) is 42.6 Å². The second-order valence-electron chi connectivity index (χ2n) is 8.63. The minimum Gasteiger partial charge on any atom is -0.457 e. The first kappa shape index (κ1) is 15.8. The summed E-state index contributed by atoms with van der Waals surface area (Å²) in [7, 11) is 0. The van der Waals surface area contributed by atoms with Crippen LogP contribution in [0.15, 0.2) is 30.3 Å². The predicted molar refractivity (Wildman–Crippen MR) is 91.6 cm³/mol. The lowest BCUT2D eigenvalue weighted by Gasteiger charge is -2.55. The van der Waals surface area contributed by atoms with E-state index in [1.54, 1.807) is 0 Å². The number of esters is 1. The first-order valence-corrected chi connectivity index (χ1v) is 9.69. The molecule has 0 atom stereocenters. The van der Waals surface area contributed by atoms with Crippen molar-refractivity contribution in [1.82, 2.24) is 0 Å². The molecule has 1 aromatic rings. The maximum Gasteiger partial charge on any atom is 0.312 e. The maximum atomic E-state index is 13.0. The van der Waals surface area contributed by atoms with Gasteiger partial charge in [0.1, 0.15) is 6.10 Å². The first-order chi connectivity index (χ1) is 12.2. The van der Waals surface area contributed by atoms with E-state index in [0.29, 0.717) is 13.2 Å². The normalized spacial score (nSPS) is 42.3. The molecule has 0 spiro atoms. The van der Waals surface area contributed by atoms with Crippen LogP contribution in [0.5, 0.6) is 0 Å². The smallest absolute Gasteiger partial charge is 0.312 e. The zero-order chi connectivity index (χ0) is 16.9. The molecule has 5 aliphatic rings. The Morgan fingerprint density at radius 3 is 2.04 bits per heavy atom. The molecule has 134 valence electrons. The molecule has 6 rings (SSSR count). The Bertz CT molecular complexity index is 597. The Labute approximate surface area is 148 Å². The Hall–Kier alpha value is -1.39. The monoisotopic (exact) mass is 342 g/mol. The van der Waals surface area contributed by atoms with Crippen LogP contribution in [0.1, 0.15) is 50.4 Å². The molecule has 1 saturated heterocycles. The molecular weight excluding hydrogens is 316 g/mol. The summed E-state index contributed by atoms with van der Waals surface area (Å²) in [5.74, 6) is 2.27. The molecule has 0 aromatic heterocycles. The number of carbonyl (C=O) groups excluding carboxylic acids is 1. The van der Waals surface area contributed by atoms with Gasteiger partial charge in [-0.3, -0.25) is 4.79 Å². The molecule has 4 heteroatoms. The Morgan fingerprint density at radius 2 is 1.48 bits per heavy atom. The van der Waals surface area contributed by atoms with Crippen molar-refractivity contribution in [2.75, 3.05) is 13.2 Å². The lowest BCUT2D eigenvalue weighted by molar-refractivity contribution is -0.236. The predicted octanol–water partition coefficient (Wildman–Crippen LogP) is 3.86. The van der Waals surface area contributed by atoms with Gasteiger partial charge < -0.3 is 14.2 Å². The summed E-state index contributed by atoms with van der Waals surface area (Å²) in [5.41, 5.74) is 0.804. The summed E-state index contributed by atoms with van der Waals surface area (Å²) in [4.78, 5) is 13.0. The Kier molecular flexibility index (Phi) is 3.86. The van der Waals surface area contributed by atoms with Crippen LogP contribution in [-0.4, -0.2) is 25.3 Å². The standard InChI is InChI=1S/C21H26O4/c22-20(21-9-14-6-15(10-21)8-16(7-14)11-21)25-18-12-23-19(24-13-18)17-4-2-1-3-5-17/h1-5,14-16,18-19H,6-13H2. The van der Waals surface area contributed by atoms with E-state index < -0.39 is 0 Å². The van der Waals surface area contributed by atoms with Crippen LogP contribution in [0.3, 0.4) is 0 Å². The number of rotatable bonds is 3. The second-order valence-corrected chi connectivity index (χ2v) is 8.63. The lowest BCUT2D eigenvalue weighted by atomic mass is 9.49. The SMILES string of the molecule is O=C(OC1COC(c2ccccc2)OC1)C12CC3CC(CC(C3)C1)C2. The van der Waals surface area contributed by atoms with Crippen LogP contribution in [-0.2, 0) is 19.0 Å². The van der Waals surface area contributed by atoms with Gasteiger partial charge in [-0.2, -0.15) is 0 Å². The van der Waals surface area contributed by atoms with Gasteiger partial charge in [0.15, 0.2) is 6.29 Å². The highest BCUT2D eigenvalue weighted by Gasteiger charge is 2.55. The molecule has 1 aliphatic heterocycles. The summed E-state index contributed by atoms with van der Waals surface area (Å²) in [6, 6.07) is 9.91. The van der Waals surface area contributed by atoms with E-state index in [4.69, 9.17) is 14.2 Å². The number of benzene rings is 1. The number of hydrogen-bond donors (Lipinski definition) is 0. The van der Waals surface area contributed by atoms with Crippen LogP contribution >= 0.6 is 0 Å². The molecule has 0 radical (unpaired) electrons. The van der Waals surface area contributed by atoms with Gasteiger partial charge in [-0.05, 0) is 56.3 Å². The average Bonchev–Trinajstić information content (AvgIpc) is 2.62. The molecule has 4 bridgehead atoms.